The molecule has 0 saturated carbocycles. The molecular formula is C10H18N4O3S. The molecule has 2 heterocycles. The van der Waals surface area contributed by atoms with Crippen LogP contribution in [-0.4, -0.2) is 54.9 Å². The number of piperazine rings is 1. The minimum Gasteiger partial charge on any atom is -0.408 e. The van der Waals surface area contributed by atoms with Gasteiger partial charge in [-0.3, -0.25) is 0 Å². The molecule has 0 aromatic carbocycles. The Hall–Kier alpha value is -1.15. The monoisotopic (exact) mass is 274 g/mol. The molecule has 0 aliphatic carbocycles. The maximum Gasteiger partial charge on any atom is 0.318 e. The van der Waals surface area contributed by atoms with Gasteiger partial charge in [0.2, 0.25) is 15.9 Å². The summed E-state index contributed by atoms with van der Waals surface area (Å²) in [5.41, 5.74) is 0. The number of nitrogens with zero attached hydrogens (tertiary/aromatic N) is 4. The van der Waals surface area contributed by atoms with Crippen LogP contribution in [0, 0.1) is 6.92 Å². The lowest BCUT2D eigenvalue weighted by molar-refractivity contribution is 0.370. The van der Waals surface area contributed by atoms with E-state index in [0.29, 0.717) is 44.5 Å². The second-order valence-electron chi connectivity index (χ2n) is 4.31. The van der Waals surface area contributed by atoms with Crippen LogP contribution in [0.3, 0.4) is 0 Å². The van der Waals surface area contributed by atoms with Crippen LogP contribution in [0.4, 0.5) is 6.01 Å². The van der Waals surface area contributed by atoms with Gasteiger partial charge in [0.1, 0.15) is 0 Å². The summed E-state index contributed by atoms with van der Waals surface area (Å²) in [6.07, 6.45) is 0.644. The smallest absolute Gasteiger partial charge is 0.318 e. The fourth-order valence-corrected chi connectivity index (χ4v) is 3.45. The zero-order valence-electron chi connectivity index (χ0n) is 10.7. The lowest BCUT2D eigenvalue weighted by Gasteiger charge is -2.32. The van der Waals surface area contributed by atoms with Crippen molar-refractivity contribution in [3.63, 3.8) is 0 Å². The van der Waals surface area contributed by atoms with Gasteiger partial charge in [0.05, 0.1) is 5.75 Å². The Bertz CT molecular complexity index is 491. The molecule has 0 bridgehead atoms. The Morgan fingerprint density at radius 3 is 2.39 bits per heavy atom. The Kier molecular flexibility index (Phi) is 3.86. The third-order valence-corrected chi connectivity index (χ3v) is 4.96. The third kappa shape index (κ3) is 2.81. The number of aryl methyl sites for hydroxylation is 1. The SMILES string of the molecule is CCCS(=O)(=O)N1CCN(c2nnc(C)o2)CC1. The zero-order chi connectivity index (χ0) is 13.2. The molecule has 2 rings (SSSR count). The number of hydrogen-bond donors (Lipinski definition) is 0. The van der Waals surface area contributed by atoms with E-state index in [1.807, 2.05) is 11.8 Å². The Morgan fingerprint density at radius 2 is 1.89 bits per heavy atom. The maximum absolute atomic E-state index is 11.9. The van der Waals surface area contributed by atoms with Gasteiger partial charge in [0.15, 0.2) is 0 Å². The molecule has 1 fully saturated rings. The fraction of sp³-hybridized carbons (Fsp3) is 0.800. The van der Waals surface area contributed by atoms with E-state index in [2.05, 4.69) is 10.2 Å². The van der Waals surface area contributed by atoms with E-state index in [0.717, 1.165) is 0 Å². The van der Waals surface area contributed by atoms with Crippen LogP contribution in [0.5, 0.6) is 0 Å². The van der Waals surface area contributed by atoms with Crippen molar-refractivity contribution >= 4 is 16.0 Å². The van der Waals surface area contributed by atoms with Crippen molar-refractivity contribution in [3.8, 4) is 0 Å². The van der Waals surface area contributed by atoms with Crippen LogP contribution >= 0.6 is 0 Å². The van der Waals surface area contributed by atoms with E-state index < -0.39 is 10.0 Å². The van der Waals surface area contributed by atoms with E-state index in [1.54, 1.807) is 6.92 Å². The molecule has 1 aliphatic rings. The van der Waals surface area contributed by atoms with Gasteiger partial charge in [0.25, 0.3) is 0 Å². The second kappa shape index (κ2) is 5.23. The predicted octanol–water partition coefficient (Wildman–Crippen LogP) is 0.240. The van der Waals surface area contributed by atoms with Crippen LogP contribution in [0.2, 0.25) is 0 Å². The Labute approximate surface area is 107 Å². The molecule has 0 radical (unpaired) electrons. The summed E-state index contributed by atoms with van der Waals surface area (Å²) in [4.78, 5) is 1.91. The maximum atomic E-state index is 11.9. The molecular weight excluding hydrogens is 256 g/mol. The summed E-state index contributed by atoms with van der Waals surface area (Å²) < 4.78 is 30.6. The topological polar surface area (TPSA) is 79.5 Å². The summed E-state index contributed by atoms with van der Waals surface area (Å²) in [5.74, 6) is 0.734. The van der Waals surface area contributed by atoms with E-state index >= 15 is 0 Å². The van der Waals surface area contributed by atoms with Gasteiger partial charge in [-0.2, -0.15) is 4.31 Å². The first kappa shape index (κ1) is 13.3. The van der Waals surface area contributed by atoms with Gasteiger partial charge in [-0.25, -0.2) is 8.42 Å². The molecule has 18 heavy (non-hydrogen) atoms. The van der Waals surface area contributed by atoms with Gasteiger partial charge < -0.3 is 9.32 Å². The highest BCUT2D eigenvalue weighted by Crippen LogP contribution is 2.16. The fourth-order valence-electron chi connectivity index (χ4n) is 1.96. The highest BCUT2D eigenvalue weighted by molar-refractivity contribution is 7.89. The summed E-state index contributed by atoms with van der Waals surface area (Å²) in [6, 6.07) is 0.472. The highest BCUT2D eigenvalue weighted by atomic mass is 32.2. The second-order valence-corrected chi connectivity index (χ2v) is 6.39. The van der Waals surface area contributed by atoms with Gasteiger partial charge in [-0.1, -0.05) is 12.0 Å². The summed E-state index contributed by atoms with van der Waals surface area (Å²) >= 11 is 0. The van der Waals surface area contributed by atoms with Gasteiger partial charge >= 0.3 is 6.01 Å². The number of anilines is 1. The van der Waals surface area contributed by atoms with E-state index in [4.69, 9.17) is 4.42 Å². The molecule has 102 valence electrons. The molecule has 1 aliphatic heterocycles. The van der Waals surface area contributed by atoms with Crippen LogP contribution in [0.15, 0.2) is 4.42 Å². The van der Waals surface area contributed by atoms with E-state index in [9.17, 15) is 8.42 Å². The lowest BCUT2D eigenvalue weighted by Crippen LogP contribution is -2.49. The minimum atomic E-state index is -3.09. The molecule has 0 N–H and O–H groups in total. The van der Waals surface area contributed by atoms with Crippen LogP contribution in [-0.2, 0) is 10.0 Å². The number of sulfonamides is 1. The quantitative estimate of drug-likeness (QED) is 0.782. The number of aromatic nitrogens is 2. The molecule has 1 aromatic heterocycles. The average Bonchev–Trinajstić information content (AvgIpc) is 2.76. The molecule has 1 saturated heterocycles. The first-order chi connectivity index (χ1) is 8.53. The minimum absolute atomic E-state index is 0.215. The lowest BCUT2D eigenvalue weighted by atomic mass is 10.4. The summed E-state index contributed by atoms with van der Waals surface area (Å²) in [5, 5.41) is 7.70. The Balaban J connectivity index is 1.96. The van der Waals surface area contributed by atoms with E-state index in [1.165, 1.54) is 4.31 Å². The molecule has 0 amide bonds. The van der Waals surface area contributed by atoms with Crippen molar-refractivity contribution in [2.45, 2.75) is 20.3 Å². The standard InChI is InChI=1S/C10H18N4O3S/c1-3-8-18(15,16)14-6-4-13(5-7-14)10-12-11-9(2)17-10/h3-8H2,1-2H3. The molecule has 0 spiro atoms. The van der Waals surface area contributed by atoms with Gasteiger partial charge in [-0.15, -0.1) is 5.10 Å². The number of rotatable bonds is 4. The molecule has 0 atom stereocenters. The van der Waals surface area contributed by atoms with Crippen molar-refractivity contribution < 1.29 is 12.8 Å². The van der Waals surface area contributed by atoms with Crippen molar-refractivity contribution in [3.05, 3.63) is 5.89 Å². The average molecular weight is 274 g/mol. The molecule has 7 nitrogen and oxygen atoms in total. The van der Waals surface area contributed by atoms with Gasteiger partial charge in [0, 0.05) is 33.1 Å². The number of hydrogen-bond acceptors (Lipinski definition) is 6. The van der Waals surface area contributed by atoms with Crippen molar-refractivity contribution in [1.29, 1.82) is 0 Å². The first-order valence-electron chi connectivity index (χ1n) is 6.06. The third-order valence-electron chi connectivity index (χ3n) is 2.88. The van der Waals surface area contributed by atoms with Crippen molar-refractivity contribution in [2.75, 3.05) is 36.8 Å². The summed E-state index contributed by atoms with van der Waals surface area (Å²) in [7, 11) is -3.09. The predicted molar refractivity (Wildman–Crippen MR) is 66.9 cm³/mol. The van der Waals surface area contributed by atoms with Crippen molar-refractivity contribution in [2.24, 2.45) is 0 Å². The van der Waals surface area contributed by atoms with Crippen LogP contribution in [0.1, 0.15) is 19.2 Å². The molecule has 0 unspecified atom stereocenters. The zero-order valence-corrected chi connectivity index (χ0v) is 11.5. The van der Waals surface area contributed by atoms with Gasteiger partial charge in [-0.05, 0) is 6.42 Å². The molecule has 1 aromatic rings. The highest BCUT2D eigenvalue weighted by Gasteiger charge is 2.27. The van der Waals surface area contributed by atoms with E-state index in [-0.39, 0.29) is 5.75 Å². The van der Waals surface area contributed by atoms with Crippen LogP contribution in [0.25, 0.3) is 0 Å². The summed E-state index contributed by atoms with van der Waals surface area (Å²) in [6.45, 7) is 5.73. The largest absolute Gasteiger partial charge is 0.408 e. The first-order valence-corrected chi connectivity index (χ1v) is 7.66. The molecule has 8 heteroatoms. The Morgan fingerprint density at radius 1 is 1.22 bits per heavy atom. The van der Waals surface area contributed by atoms with Crippen LogP contribution < -0.4 is 4.90 Å². The van der Waals surface area contributed by atoms with Crippen molar-refractivity contribution in [1.82, 2.24) is 14.5 Å². The normalized spacial score (nSPS) is 18.2.